The molecule has 3 heterocycles. The van der Waals surface area contributed by atoms with E-state index in [9.17, 15) is 37.1 Å². The minimum atomic E-state index is -3.92. The van der Waals surface area contributed by atoms with Gasteiger partial charge in [0.2, 0.25) is 27.7 Å². The number of amides is 4. The number of pyridine rings is 1. The van der Waals surface area contributed by atoms with Crippen LogP contribution in [0.15, 0.2) is 36.5 Å². The minimum Gasteiger partial charge on any atom is -0.496 e. The van der Waals surface area contributed by atoms with Crippen molar-refractivity contribution in [3.05, 3.63) is 42.4 Å². The van der Waals surface area contributed by atoms with Gasteiger partial charge < -0.3 is 30.1 Å². The van der Waals surface area contributed by atoms with Crippen molar-refractivity contribution in [2.45, 2.75) is 87.8 Å². The Labute approximate surface area is 289 Å². The van der Waals surface area contributed by atoms with Gasteiger partial charge in [-0.3, -0.25) is 19.1 Å². The largest absolute Gasteiger partial charge is 0.496 e. The lowest BCUT2D eigenvalue weighted by Crippen LogP contribution is -2.59. The molecule has 0 radical (unpaired) electrons. The molecule has 7 atom stereocenters. The van der Waals surface area contributed by atoms with Crippen LogP contribution in [0.1, 0.15) is 58.8 Å². The molecule has 2 aromatic rings. The quantitative estimate of drug-likeness (QED) is 0.310. The van der Waals surface area contributed by atoms with Crippen molar-refractivity contribution in [2.24, 2.45) is 17.8 Å². The number of carbonyl (C=O) groups is 4. The number of allylic oxidation sites excluding steroid dienone is 1. The Morgan fingerprint density at radius 2 is 1.90 bits per heavy atom. The van der Waals surface area contributed by atoms with Crippen LogP contribution in [-0.4, -0.2) is 89.9 Å². The second-order valence-electron chi connectivity index (χ2n) is 14.0. The van der Waals surface area contributed by atoms with Crippen LogP contribution in [0, 0.1) is 23.6 Å². The van der Waals surface area contributed by atoms with Crippen molar-refractivity contribution in [3.8, 4) is 11.6 Å². The number of carboxylic acid groups (broad SMARTS) is 1. The zero-order valence-corrected chi connectivity index (χ0v) is 28.9. The number of fused-ring (bicyclic) bond motifs is 3. The van der Waals surface area contributed by atoms with Gasteiger partial charge in [-0.15, -0.1) is 0 Å². The van der Waals surface area contributed by atoms with E-state index in [1.54, 1.807) is 13.0 Å². The number of methoxy groups -OCH3 is 1. The number of hydrogen-bond donors (Lipinski definition) is 4. The fraction of sp³-hybridized carbons (Fsp3) is 0.559. The number of carbonyl (C=O) groups excluding carboxylic acids is 3. The first-order valence-corrected chi connectivity index (χ1v) is 18.4. The van der Waals surface area contributed by atoms with Crippen molar-refractivity contribution < 1.29 is 46.6 Å². The molecule has 4 amide bonds. The predicted molar refractivity (Wildman–Crippen MR) is 178 cm³/mol. The highest BCUT2D eigenvalue weighted by atomic mass is 32.2. The number of benzene rings is 1. The number of hydrogen-bond acceptors (Lipinski definition) is 9. The van der Waals surface area contributed by atoms with Gasteiger partial charge in [-0.25, -0.2) is 22.6 Å². The van der Waals surface area contributed by atoms with Crippen LogP contribution in [0.5, 0.6) is 11.6 Å². The van der Waals surface area contributed by atoms with Crippen LogP contribution < -0.4 is 24.8 Å². The zero-order valence-electron chi connectivity index (χ0n) is 28.1. The Kier molecular flexibility index (Phi) is 9.68. The molecule has 2 aliphatic carbocycles. The maximum atomic E-state index is 14.5. The van der Waals surface area contributed by atoms with Crippen LogP contribution in [0.3, 0.4) is 0 Å². The number of sulfonamides is 1. The fourth-order valence-electron chi connectivity index (χ4n) is 7.24. The summed E-state index contributed by atoms with van der Waals surface area (Å²) in [5.41, 5.74) is -1.56. The second-order valence-corrected chi connectivity index (χ2v) is 16.0. The lowest BCUT2D eigenvalue weighted by molar-refractivity contribution is -0.142. The molecule has 0 bridgehead atoms. The molecule has 0 unspecified atom stereocenters. The molecule has 1 aromatic heterocycles. The van der Waals surface area contributed by atoms with Crippen LogP contribution in [0.2, 0.25) is 0 Å². The molecule has 2 aliphatic heterocycles. The Morgan fingerprint density at radius 1 is 1.14 bits per heavy atom. The van der Waals surface area contributed by atoms with Gasteiger partial charge in [-0.2, -0.15) is 0 Å². The lowest BCUT2D eigenvalue weighted by Gasteiger charge is -2.32. The number of ether oxygens (including phenoxy) is 2. The molecule has 2 saturated carbocycles. The van der Waals surface area contributed by atoms with Gasteiger partial charge in [0, 0.05) is 30.0 Å². The van der Waals surface area contributed by atoms with Gasteiger partial charge in [0.25, 0.3) is 5.91 Å². The Hall–Kier alpha value is -4.47. The number of nitrogens with one attached hydrogen (secondary N) is 3. The highest BCUT2D eigenvalue weighted by Gasteiger charge is 2.62. The summed E-state index contributed by atoms with van der Waals surface area (Å²) in [5, 5.41) is 15.0. The highest BCUT2D eigenvalue weighted by molar-refractivity contribution is 7.91. The van der Waals surface area contributed by atoms with E-state index in [0.717, 1.165) is 6.42 Å². The number of aromatic nitrogens is 1. The van der Waals surface area contributed by atoms with E-state index in [1.165, 1.54) is 30.3 Å². The molecule has 16 heteroatoms. The smallest absolute Gasteiger partial charge is 0.405 e. The number of rotatable bonds is 7. The van der Waals surface area contributed by atoms with E-state index < -0.39 is 80.5 Å². The topological polar surface area (TPSA) is 193 Å². The van der Waals surface area contributed by atoms with Gasteiger partial charge in [-0.05, 0) is 62.5 Å². The lowest BCUT2D eigenvalue weighted by atomic mass is 9.88. The zero-order chi connectivity index (χ0) is 36.0. The Bertz CT molecular complexity index is 1840. The van der Waals surface area contributed by atoms with Gasteiger partial charge in [0.1, 0.15) is 35.3 Å². The van der Waals surface area contributed by atoms with E-state index in [-0.39, 0.29) is 36.9 Å². The van der Waals surface area contributed by atoms with Crippen molar-refractivity contribution in [3.63, 3.8) is 0 Å². The van der Waals surface area contributed by atoms with Crippen LogP contribution in [0.25, 0.3) is 10.8 Å². The summed E-state index contributed by atoms with van der Waals surface area (Å²) in [6.07, 6.45) is 5.75. The van der Waals surface area contributed by atoms with Gasteiger partial charge in [-0.1, -0.05) is 26.0 Å². The van der Waals surface area contributed by atoms with E-state index in [2.05, 4.69) is 20.3 Å². The molecule has 1 saturated heterocycles. The van der Waals surface area contributed by atoms with Crippen molar-refractivity contribution in [1.82, 2.24) is 25.2 Å². The third-order valence-corrected chi connectivity index (χ3v) is 12.0. The third kappa shape index (κ3) is 7.21. The molecule has 1 aromatic carbocycles. The van der Waals surface area contributed by atoms with E-state index in [4.69, 9.17) is 9.47 Å². The molecule has 14 nitrogen and oxygen atoms in total. The molecule has 270 valence electrons. The fourth-order valence-corrected chi connectivity index (χ4v) is 8.61. The second kappa shape index (κ2) is 13.7. The van der Waals surface area contributed by atoms with Crippen molar-refractivity contribution in [2.75, 3.05) is 13.7 Å². The maximum Gasteiger partial charge on any atom is 0.405 e. The summed E-state index contributed by atoms with van der Waals surface area (Å²) in [6, 6.07) is 1.67. The first-order valence-electron chi connectivity index (χ1n) is 16.9. The number of nitrogens with zero attached hydrogens (tertiary/aromatic N) is 2. The molecular weight excluding hydrogens is 673 g/mol. The van der Waals surface area contributed by atoms with Gasteiger partial charge in [0.15, 0.2) is 0 Å². The molecule has 50 heavy (non-hydrogen) atoms. The summed E-state index contributed by atoms with van der Waals surface area (Å²) in [6.45, 7) is 3.63. The normalized spacial score (nSPS) is 30.9. The van der Waals surface area contributed by atoms with Crippen LogP contribution in [0.4, 0.5) is 9.18 Å². The average molecular weight is 716 g/mol. The first-order chi connectivity index (χ1) is 23.7. The summed E-state index contributed by atoms with van der Waals surface area (Å²) in [7, 11) is -2.52. The SMILES string of the molecule is COc1cc(F)cc2c(O[C@@H]3C[C@H]4C(=O)N[C@]5(C(=O)NS(=O)(=O)C6CC6)C[C@H]5/C=C\CC[C@@H](C)C[C@@H](C)[C@H](NC(=O)O)C(=O)N4C3)nccc12. The van der Waals surface area contributed by atoms with Crippen LogP contribution in [-0.2, 0) is 24.4 Å². The van der Waals surface area contributed by atoms with E-state index >= 15 is 0 Å². The Balaban J connectivity index is 1.35. The molecule has 4 N–H and O–H groups in total. The first kappa shape index (κ1) is 35.4. The molecular formula is C34H42FN5O9S. The van der Waals surface area contributed by atoms with Crippen LogP contribution >= 0.6 is 0 Å². The number of halogens is 1. The maximum absolute atomic E-state index is 14.5. The molecule has 0 spiro atoms. The standard InChI is InChI=1S/C34H42FN5O9S/c1-18-6-4-5-7-20-16-34(20,32(43)39-50(46,47)23-8-9-23)38-29(41)26-15-22(17-40(26)31(42)28(19(2)12-18)37-33(44)45)49-30-25-13-21(35)14-27(48-3)24(25)10-11-36-30/h5,7,10-11,13-14,18-20,22-23,26,28,37H,4,6,8-9,12,15-17H2,1-3H3,(H,38,41)(H,39,43)(H,44,45)/b7-5-/t18-,19-,20-,22-,26+,28+,34-/m1/s1. The van der Waals surface area contributed by atoms with Gasteiger partial charge in [0.05, 0.1) is 24.3 Å². The molecule has 6 rings (SSSR count). The summed E-state index contributed by atoms with van der Waals surface area (Å²) in [5.74, 6) is -3.33. The van der Waals surface area contributed by atoms with E-state index in [0.29, 0.717) is 36.5 Å². The van der Waals surface area contributed by atoms with Gasteiger partial charge >= 0.3 is 6.09 Å². The van der Waals surface area contributed by atoms with Crippen molar-refractivity contribution >= 4 is 44.6 Å². The Morgan fingerprint density at radius 3 is 2.60 bits per heavy atom. The average Bonchev–Trinajstić information content (AvgIpc) is 3.98. The van der Waals surface area contributed by atoms with Crippen molar-refractivity contribution in [1.29, 1.82) is 0 Å². The predicted octanol–water partition coefficient (Wildman–Crippen LogP) is 2.86. The monoisotopic (exact) mass is 715 g/mol. The highest BCUT2D eigenvalue weighted by Crippen LogP contribution is 2.46. The summed E-state index contributed by atoms with van der Waals surface area (Å²) in [4.78, 5) is 59.6. The molecule has 4 aliphatic rings. The van der Waals surface area contributed by atoms with E-state index in [1.807, 2.05) is 19.1 Å². The summed E-state index contributed by atoms with van der Waals surface area (Å²) < 4.78 is 53.8. The summed E-state index contributed by atoms with van der Waals surface area (Å²) >= 11 is 0. The molecule has 3 fully saturated rings. The third-order valence-electron chi connectivity index (χ3n) is 10.2. The minimum absolute atomic E-state index is 0.0387.